The van der Waals surface area contributed by atoms with Crippen LogP contribution in [0.3, 0.4) is 0 Å². The second-order valence-electron chi connectivity index (χ2n) is 4.63. The molecule has 100 valence electrons. The van der Waals surface area contributed by atoms with Gasteiger partial charge >= 0.3 is 0 Å². The largest absolute Gasteiger partial charge is 0.285 e. The average Bonchev–Trinajstić information content (AvgIpc) is 2.65. The fourth-order valence-corrected chi connectivity index (χ4v) is 2.05. The number of carbonyl (C=O) groups is 1. The summed E-state index contributed by atoms with van der Waals surface area (Å²) in [7, 11) is 3.56. The van der Waals surface area contributed by atoms with Gasteiger partial charge in [-0.2, -0.15) is 5.10 Å². The fourth-order valence-electron chi connectivity index (χ4n) is 2.05. The van der Waals surface area contributed by atoms with Gasteiger partial charge in [0.2, 0.25) is 0 Å². The van der Waals surface area contributed by atoms with Gasteiger partial charge in [0.25, 0.3) is 5.91 Å². The minimum atomic E-state index is -0.137. The number of amides is 1. The molecule has 2 rings (SSSR count). The first kappa shape index (κ1) is 13.3. The molecule has 1 aromatic heterocycles. The molecule has 0 unspecified atom stereocenters. The molecule has 5 nitrogen and oxygen atoms in total. The van der Waals surface area contributed by atoms with Crippen LogP contribution < -0.4 is 5.43 Å². The van der Waals surface area contributed by atoms with Crippen molar-refractivity contribution in [3.63, 3.8) is 0 Å². The molecule has 0 saturated heterocycles. The van der Waals surface area contributed by atoms with Gasteiger partial charge in [-0.05, 0) is 26.0 Å². The lowest BCUT2D eigenvalue weighted by Crippen LogP contribution is -2.36. The van der Waals surface area contributed by atoms with Gasteiger partial charge in [0, 0.05) is 14.1 Å². The summed E-state index contributed by atoms with van der Waals surface area (Å²) in [6, 6.07) is 9.78. The summed E-state index contributed by atoms with van der Waals surface area (Å²) < 4.78 is 1.79. The number of nitrogens with zero attached hydrogens (tertiary/aromatic N) is 3. The zero-order valence-corrected chi connectivity index (χ0v) is 11.6. The SMILES string of the molecule is Cc1nn(-c2ccccc2)c(C)c1C(=O)NN(C)C. The summed E-state index contributed by atoms with van der Waals surface area (Å²) in [5, 5.41) is 6.07. The zero-order chi connectivity index (χ0) is 14.0. The van der Waals surface area contributed by atoms with E-state index in [0.29, 0.717) is 5.56 Å². The first-order valence-electron chi connectivity index (χ1n) is 6.10. The molecule has 5 heteroatoms. The van der Waals surface area contributed by atoms with E-state index < -0.39 is 0 Å². The third-order valence-electron chi connectivity index (χ3n) is 2.84. The molecule has 1 amide bonds. The van der Waals surface area contributed by atoms with E-state index in [0.717, 1.165) is 17.1 Å². The first-order valence-corrected chi connectivity index (χ1v) is 6.10. The second kappa shape index (κ2) is 5.24. The molecule has 1 heterocycles. The summed E-state index contributed by atoms with van der Waals surface area (Å²) in [4.78, 5) is 12.1. The van der Waals surface area contributed by atoms with Crippen LogP contribution in [0.2, 0.25) is 0 Å². The molecule has 0 saturated carbocycles. The predicted molar refractivity (Wildman–Crippen MR) is 74.2 cm³/mol. The number of aryl methyl sites for hydroxylation is 1. The van der Waals surface area contributed by atoms with Crippen LogP contribution in [0.5, 0.6) is 0 Å². The van der Waals surface area contributed by atoms with Crippen LogP contribution >= 0.6 is 0 Å². The zero-order valence-electron chi connectivity index (χ0n) is 11.6. The maximum absolute atomic E-state index is 12.1. The lowest BCUT2D eigenvalue weighted by molar-refractivity contribution is 0.0855. The van der Waals surface area contributed by atoms with E-state index in [2.05, 4.69) is 10.5 Å². The summed E-state index contributed by atoms with van der Waals surface area (Å²) >= 11 is 0. The van der Waals surface area contributed by atoms with Crippen LogP contribution in [0, 0.1) is 13.8 Å². The Balaban J connectivity index is 2.43. The van der Waals surface area contributed by atoms with Gasteiger partial charge in [0.1, 0.15) is 0 Å². The van der Waals surface area contributed by atoms with Crippen molar-refractivity contribution in [2.24, 2.45) is 0 Å². The number of hydrogen-bond acceptors (Lipinski definition) is 3. The number of aromatic nitrogens is 2. The Kier molecular flexibility index (Phi) is 3.66. The Labute approximate surface area is 112 Å². The van der Waals surface area contributed by atoms with Crippen molar-refractivity contribution >= 4 is 5.91 Å². The molecule has 0 aliphatic rings. The molecule has 0 bridgehead atoms. The highest BCUT2D eigenvalue weighted by Crippen LogP contribution is 2.17. The van der Waals surface area contributed by atoms with Gasteiger partial charge in [-0.1, -0.05) is 18.2 Å². The van der Waals surface area contributed by atoms with E-state index >= 15 is 0 Å². The van der Waals surface area contributed by atoms with Crippen molar-refractivity contribution in [3.8, 4) is 5.69 Å². The van der Waals surface area contributed by atoms with Crippen molar-refractivity contribution in [1.82, 2.24) is 20.2 Å². The third-order valence-corrected chi connectivity index (χ3v) is 2.84. The normalized spacial score (nSPS) is 10.8. The van der Waals surface area contributed by atoms with Gasteiger partial charge in [-0.25, -0.2) is 9.69 Å². The number of rotatable bonds is 3. The van der Waals surface area contributed by atoms with Crippen LogP contribution in [0.1, 0.15) is 21.7 Å². The summed E-state index contributed by atoms with van der Waals surface area (Å²) in [6.45, 7) is 3.74. The lowest BCUT2D eigenvalue weighted by Gasteiger charge is -2.12. The summed E-state index contributed by atoms with van der Waals surface area (Å²) in [6.07, 6.45) is 0. The summed E-state index contributed by atoms with van der Waals surface area (Å²) in [5.41, 5.74) is 5.88. The van der Waals surface area contributed by atoms with E-state index in [1.54, 1.807) is 23.8 Å². The number of carbonyl (C=O) groups excluding carboxylic acids is 1. The quantitative estimate of drug-likeness (QED) is 0.852. The first-order chi connectivity index (χ1) is 9.00. The molecular formula is C14H18N4O. The van der Waals surface area contributed by atoms with Gasteiger partial charge in [-0.3, -0.25) is 10.2 Å². The molecule has 0 radical (unpaired) electrons. The Bertz CT molecular complexity index is 587. The van der Waals surface area contributed by atoms with E-state index in [1.807, 2.05) is 44.2 Å². The van der Waals surface area contributed by atoms with Crippen LogP contribution in [0.25, 0.3) is 5.69 Å². The average molecular weight is 258 g/mol. The van der Waals surface area contributed by atoms with Crippen molar-refractivity contribution in [1.29, 1.82) is 0 Å². The van der Waals surface area contributed by atoms with Crippen LogP contribution in [0.4, 0.5) is 0 Å². The van der Waals surface area contributed by atoms with Crippen molar-refractivity contribution < 1.29 is 4.79 Å². The van der Waals surface area contributed by atoms with Gasteiger partial charge in [0.15, 0.2) is 0 Å². The lowest BCUT2D eigenvalue weighted by atomic mass is 10.2. The number of benzene rings is 1. The summed E-state index contributed by atoms with van der Waals surface area (Å²) in [5.74, 6) is -0.137. The highest BCUT2D eigenvalue weighted by Gasteiger charge is 2.19. The van der Waals surface area contributed by atoms with Gasteiger partial charge < -0.3 is 0 Å². The minimum Gasteiger partial charge on any atom is -0.285 e. The predicted octanol–water partition coefficient (Wildman–Crippen LogP) is 1.70. The minimum absolute atomic E-state index is 0.137. The molecule has 0 spiro atoms. The van der Waals surface area contributed by atoms with Gasteiger partial charge in [0.05, 0.1) is 22.6 Å². The fraction of sp³-hybridized carbons (Fsp3) is 0.286. The highest BCUT2D eigenvalue weighted by atomic mass is 16.2. The van der Waals surface area contributed by atoms with Crippen molar-refractivity contribution in [3.05, 3.63) is 47.3 Å². The Morgan fingerprint density at radius 2 is 1.84 bits per heavy atom. The third kappa shape index (κ3) is 2.66. The number of para-hydroxylation sites is 1. The van der Waals surface area contributed by atoms with E-state index in [9.17, 15) is 4.79 Å². The maximum atomic E-state index is 12.1. The molecule has 0 aliphatic carbocycles. The van der Waals surface area contributed by atoms with Crippen molar-refractivity contribution in [2.45, 2.75) is 13.8 Å². The molecule has 1 aromatic carbocycles. The maximum Gasteiger partial charge on any atom is 0.269 e. The van der Waals surface area contributed by atoms with E-state index in [-0.39, 0.29) is 5.91 Å². The van der Waals surface area contributed by atoms with Gasteiger partial charge in [-0.15, -0.1) is 0 Å². The molecule has 0 aliphatic heterocycles. The van der Waals surface area contributed by atoms with Crippen LogP contribution in [-0.4, -0.2) is 34.8 Å². The monoisotopic (exact) mass is 258 g/mol. The Hall–Kier alpha value is -2.14. The molecule has 2 aromatic rings. The number of nitrogens with one attached hydrogen (secondary N) is 1. The molecule has 0 atom stereocenters. The Morgan fingerprint density at radius 1 is 1.21 bits per heavy atom. The number of hydrogen-bond donors (Lipinski definition) is 1. The molecule has 19 heavy (non-hydrogen) atoms. The number of hydrazine groups is 1. The molecule has 0 fully saturated rings. The van der Waals surface area contributed by atoms with Crippen LogP contribution in [0.15, 0.2) is 30.3 Å². The van der Waals surface area contributed by atoms with Crippen molar-refractivity contribution in [2.75, 3.05) is 14.1 Å². The highest BCUT2D eigenvalue weighted by molar-refractivity contribution is 5.96. The topological polar surface area (TPSA) is 50.2 Å². The molecule has 1 N–H and O–H groups in total. The van der Waals surface area contributed by atoms with E-state index in [1.165, 1.54) is 0 Å². The smallest absolute Gasteiger partial charge is 0.269 e. The van der Waals surface area contributed by atoms with E-state index in [4.69, 9.17) is 0 Å². The molecular weight excluding hydrogens is 240 g/mol. The Morgan fingerprint density at radius 3 is 2.42 bits per heavy atom. The standard InChI is InChI=1S/C14H18N4O/c1-10-13(14(19)16-17(3)4)11(2)18(15-10)12-8-6-5-7-9-12/h5-9H,1-4H3,(H,16,19). The van der Waals surface area contributed by atoms with Crippen LogP contribution in [-0.2, 0) is 0 Å². The second-order valence-corrected chi connectivity index (χ2v) is 4.63.